The largest absolute Gasteiger partial charge is 0.467 e. The molecule has 0 saturated heterocycles. The number of hydrogen-bond donors (Lipinski definition) is 1. The van der Waals surface area contributed by atoms with E-state index in [4.69, 9.17) is 9.47 Å². The van der Waals surface area contributed by atoms with E-state index >= 15 is 0 Å². The molecule has 0 fully saturated rings. The molecule has 0 aliphatic heterocycles. The zero-order chi connectivity index (χ0) is 19.9. The van der Waals surface area contributed by atoms with Gasteiger partial charge in [0.15, 0.2) is 0 Å². The summed E-state index contributed by atoms with van der Waals surface area (Å²) in [5.41, 5.74) is 4.62. The van der Waals surface area contributed by atoms with Crippen molar-refractivity contribution in [1.29, 1.82) is 0 Å². The number of benzene rings is 2. The van der Waals surface area contributed by atoms with Crippen molar-refractivity contribution < 1.29 is 19.1 Å². The van der Waals surface area contributed by atoms with E-state index in [0.29, 0.717) is 11.5 Å². The fourth-order valence-corrected chi connectivity index (χ4v) is 4.12. The Kier molecular flexibility index (Phi) is 6.76. The van der Waals surface area contributed by atoms with Crippen molar-refractivity contribution in [3.63, 3.8) is 0 Å². The number of hydrogen-bond acceptors (Lipinski definition) is 5. The van der Waals surface area contributed by atoms with E-state index in [9.17, 15) is 9.59 Å². The van der Waals surface area contributed by atoms with Crippen molar-refractivity contribution in [2.24, 2.45) is 0 Å². The molecule has 0 saturated carbocycles. The monoisotopic (exact) mass is 397 g/mol. The maximum absolute atomic E-state index is 12.3. The van der Waals surface area contributed by atoms with Gasteiger partial charge >= 0.3 is 12.1 Å². The second-order valence-corrected chi connectivity index (χ2v) is 7.45. The van der Waals surface area contributed by atoms with Crippen molar-refractivity contribution in [2.45, 2.75) is 12.0 Å². The van der Waals surface area contributed by atoms with Crippen molar-refractivity contribution in [3.8, 4) is 11.1 Å². The molecule has 6 heteroatoms. The van der Waals surface area contributed by atoms with E-state index in [1.165, 1.54) is 30.0 Å². The number of esters is 1. The highest BCUT2D eigenvalue weighted by atomic mass is 32.2. The molecular formula is C22H23NO4S. The first-order valence-electron chi connectivity index (χ1n) is 9.03. The summed E-state index contributed by atoms with van der Waals surface area (Å²) in [7, 11) is 1.30. The summed E-state index contributed by atoms with van der Waals surface area (Å²) in [5.74, 6) is 0.554. The fraction of sp³-hybridized carbons (Fsp3) is 0.273. The third-order valence-electron chi connectivity index (χ3n) is 4.64. The molecule has 0 aromatic heterocycles. The standard InChI is InChI=1S/C22H23NO4S/c1-3-12-28-14-20(21(24)26-2)23-22(25)27-13-19-17-10-6-4-8-15(17)16-9-5-7-11-18(16)19/h3-11,19-20H,1,12-14H2,2H3,(H,23,25). The number of fused-ring (bicyclic) bond motifs is 3. The topological polar surface area (TPSA) is 64.6 Å². The lowest BCUT2D eigenvalue weighted by Gasteiger charge is -2.18. The Morgan fingerprint density at radius 1 is 1.14 bits per heavy atom. The van der Waals surface area contributed by atoms with Crippen LogP contribution in [0.1, 0.15) is 17.0 Å². The number of ether oxygens (including phenoxy) is 2. The molecule has 1 unspecified atom stereocenters. The lowest BCUT2D eigenvalue weighted by molar-refractivity contribution is -0.142. The lowest BCUT2D eigenvalue weighted by Crippen LogP contribution is -2.43. The van der Waals surface area contributed by atoms with Crippen molar-refractivity contribution >= 4 is 23.8 Å². The van der Waals surface area contributed by atoms with E-state index in [2.05, 4.69) is 36.2 Å². The minimum Gasteiger partial charge on any atom is -0.467 e. The molecule has 1 aliphatic carbocycles. The van der Waals surface area contributed by atoms with Gasteiger partial charge in [-0.15, -0.1) is 6.58 Å². The van der Waals surface area contributed by atoms with E-state index in [1.807, 2.05) is 24.3 Å². The van der Waals surface area contributed by atoms with Crippen LogP contribution in [0.15, 0.2) is 61.2 Å². The van der Waals surface area contributed by atoms with Gasteiger partial charge in [-0.3, -0.25) is 0 Å². The van der Waals surface area contributed by atoms with E-state index < -0.39 is 18.1 Å². The van der Waals surface area contributed by atoms with Crippen LogP contribution in [-0.4, -0.2) is 43.3 Å². The van der Waals surface area contributed by atoms with E-state index in [0.717, 1.165) is 11.1 Å². The van der Waals surface area contributed by atoms with Gasteiger partial charge in [-0.2, -0.15) is 11.8 Å². The quantitative estimate of drug-likeness (QED) is 0.415. The Bertz CT molecular complexity index is 822. The molecule has 5 nitrogen and oxygen atoms in total. The number of amides is 1. The molecule has 1 aliphatic rings. The number of thioether (sulfide) groups is 1. The molecular weight excluding hydrogens is 374 g/mol. The number of carbonyl (C=O) groups is 2. The molecule has 3 rings (SSSR count). The minimum atomic E-state index is -0.759. The van der Waals surface area contributed by atoms with Crippen LogP contribution in [0.2, 0.25) is 0 Å². The number of rotatable bonds is 8. The second-order valence-electron chi connectivity index (χ2n) is 6.37. The summed E-state index contributed by atoms with van der Waals surface area (Å²) in [5, 5.41) is 2.61. The fourth-order valence-electron chi connectivity index (χ4n) is 3.36. The maximum atomic E-state index is 12.3. The molecule has 0 spiro atoms. The smallest absolute Gasteiger partial charge is 0.407 e. The highest BCUT2D eigenvalue weighted by Gasteiger charge is 2.29. The van der Waals surface area contributed by atoms with Crippen LogP contribution in [0.25, 0.3) is 11.1 Å². The molecule has 0 heterocycles. The Hall–Kier alpha value is -2.73. The van der Waals surface area contributed by atoms with Crippen LogP contribution in [0, 0.1) is 0 Å². The Labute approximate surface area is 169 Å². The van der Waals surface area contributed by atoms with Gasteiger partial charge in [-0.1, -0.05) is 54.6 Å². The number of nitrogens with one attached hydrogen (secondary N) is 1. The summed E-state index contributed by atoms with van der Waals surface area (Å²) in [6.07, 6.45) is 1.11. The number of carbonyl (C=O) groups excluding carboxylic acids is 2. The molecule has 28 heavy (non-hydrogen) atoms. The SMILES string of the molecule is C=CCSCC(NC(=O)OCC1c2ccccc2-c2ccccc21)C(=O)OC. The summed E-state index contributed by atoms with van der Waals surface area (Å²) in [4.78, 5) is 24.2. The predicted octanol–water partition coefficient (Wildman–Crippen LogP) is 3.99. The highest BCUT2D eigenvalue weighted by molar-refractivity contribution is 7.99. The van der Waals surface area contributed by atoms with Gasteiger partial charge in [0, 0.05) is 17.4 Å². The Morgan fingerprint density at radius 2 is 1.75 bits per heavy atom. The maximum Gasteiger partial charge on any atom is 0.407 e. The van der Waals surface area contributed by atoms with Gasteiger partial charge in [-0.25, -0.2) is 9.59 Å². The van der Waals surface area contributed by atoms with Crippen LogP contribution < -0.4 is 5.32 Å². The zero-order valence-corrected chi connectivity index (χ0v) is 16.5. The average Bonchev–Trinajstić information content (AvgIpc) is 3.05. The summed E-state index contributed by atoms with van der Waals surface area (Å²) in [6, 6.07) is 15.5. The van der Waals surface area contributed by atoms with Crippen molar-refractivity contribution in [2.75, 3.05) is 25.2 Å². The molecule has 1 amide bonds. The van der Waals surface area contributed by atoms with Crippen molar-refractivity contribution in [3.05, 3.63) is 72.3 Å². The van der Waals surface area contributed by atoms with Crippen LogP contribution >= 0.6 is 11.8 Å². The second kappa shape index (κ2) is 9.46. The van der Waals surface area contributed by atoms with Gasteiger partial charge in [0.1, 0.15) is 12.6 Å². The minimum absolute atomic E-state index is 0.0233. The van der Waals surface area contributed by atoms with E-state index in [1.54, 1.807) is 6.08 Å². The van der Waals surface area contributed by atoms with Gasteiger partial charge in [0.25, 0.3) is 0 Å². The molecule has 2 aromatic carbocycles. The third kappa shape index (κ3) is 4.39. The normalized spacial score (nSPS) is 13.2. The van der Waals surface area contributed by atoms with E-state index in [-0.39, 0.29) is 12.5 Å². The van der Waals surface area contributed by atoms with Crippen molar-refractivity contribution in [1.82, 2.24) is 5.32 Å². The van der Waals surface area contributed by atoms with Crippen LogP contribution in [0.4, 0.5) is 4.79 Å². The Morgan fingerprint density at radius 3 is 2.32 bits per heavy atom. The number of alkyl carbamates (subject to hydrolysis) is 1. The number of methoxy groups -OCH3 is 1. The predicted molar refractivity (Wildman–Crippen MR) is 112 cm³/mol. The Balaban J connectivity index is 1.65. The summed E-state index contributed by atoms with van der Waals surface area (Å²) < 4.78 is 10.3. The first-order chi connectivity index (χ1) is 13.7. The molecule has 1 atom stereocenters. The van der Waals surface area contributed by atoms with Crippen LogP contribution in [0.5, 0.6) is 0 Å². The van der Waals surface area contributed by atoms with Gasteiger partial charge in [0.2, 0.25) is 0 Å². The summed E-state index contributed by atoms with van der Waals surface area (Å²) in [6.45, 7) is 3.85. The zero-order valence-electron chi connectivity index (χ0n) is 15.7. The van der Waals surface area contributed by atoms with Gasteiger partial charge < -0.3 is 14.8 Å². The summed E-state index contributed by atoms with van der Waals surface area (Å²) >= 11 is 1.48. The van der Waals surface area contributed by atoms with Crippen LogP contribution in [-0.2, 0) is 14.3 Å². The molecule has 1 N–H and O–H groups in total. The van der Waals surface area contributed by atoms with Gasteiger partial charge in [-0.05, 0) is 22.3 Å². The molecule has 0 radical (unpaired) electrons. The highest BCUT2D eigenvalue weighted by Crippen LogP contribution is 2.44. The molecule has 2 aromatic rings. The molecule has 146 valence electrons. The first-order valence-corrected chi connectivity index (χ1v) is 10.2. The lowest BCUT2D eigenvalue weighted by atomic mass is 9.98. The molecule has 0 bridgehead atoms. The third-order valence-corrected chi connectivity index (χ3v) is 5.68. The first kappa shape index (κ1) is 20.0. The average molecular weight is 397 g/mol. The van der Waals surface area contributed by atoms with Crippen LogP contribution in [0.3, 0.4) is 0 Å². The van der Waals surface area contributed by atoms with Gasteiger partial charge in [0.05, 0.1) is 7.11 Å².